The standard InChI is InChI=1S/C21H29N3O4/c1-22-10-3-6-18(22)14-24(15-19-7-4-13-28-19)20(25)16-23(11-5-12-27-2)21(26)17-8-9-17/h3-4,6-7,10,13,17H,5,8-9,11-12,14-16H2,1-2H3. The van der Waals surface area contributed by atoms with Crippen molar-refractivity contribution in [2.24, 2.45) is 13.0 Å². The summed E-state index contributed by atoms with van der Waals surface area (Å²) in [6.45, 7) is 2.03. The molecule has 2 heterocycles. The van der Waals surface area contributed by atoms with E-state index in [4.69, 9.17) is 9.15 Å². The molecule has 28 heavy (non-hydrogen) atoms. The van der Waals surface area contributed by atoms with Crippen LogP contribution in [-0.4, -0.2) is 53.0 Å². The maximum absolute atomic E-state index is 13.1. The summed E-state index contributed by atoms with van der Waals surface area (Å²) in [5, 5.41) is 0. The number of rotatable bonds is 11. The molecule has 0 aliphatic heterocycles. The number of amides is 2. The zero-order chi connectivity index (χ0) is 19.9. The first kappa shape index (κ1) is 20.2. The number of hydrogen-bond donors (Lipinski definition) is 0. The van der Waals surface area contributed by atoms with Crippen LogP contribution in [0.1, 0.15) is 30.7 Å². The fourth-order valence-electron chi connectivity index (χ4n) is 3.20. The molecule has 2 amide bonds. The number of methoxy groups -OCH3 is 1. The normalized spacial score (nSPS) is 13.5. The van der Waals surface area contributed by atoms with Gasteiger partial charge in [0.1, 0.15) is 5.76 Å². The van der Waals surface area contributed by atoms with Crippen LogP contribution in [0, 0.1) is 5.92 Å². The number of furan rings is 1. The summed E-state index contributed by atoms with van der Waals surface area (Å²) in [7, 11) is 3.60. The van der Waals surface area contributed by atoms with Crippen molar-refractivity contribution in [1.29, 1.82) is 0 Å². The zero-order valence-electron chi connectivity index (χ0n) is 16.7. The highest BCUT2D eigenvalue weighted by Crippen LogP contribution is 2.31. The molecule has 1 saturated carbocycles. The Morgan fingerprint density at radius 3 is 2.64 bits per heavy atom. The van der Waals surface area contributed by atoms with E-state index in [2.05, 4.69) is 0 Å². The molecule has 2 aromatic heterocycles. The average molecular weight is 387 g/mol. The van der Waals surface area contributed by atoms with Crippen LogP contribution in [0.3, 0.4) is 0 Å². The molecule has 152 valence electrons. The second-order valence-corrected chi connectivity index (χ2v) is 7.32. The van der Waals surface area contributed by atoms with Gasteiger partial charge in [-0.05, 0) is 43.5 Å². The van der Waals surface area contributed by atoms with Gasteiger partial charge in [0.15, 0.2) is 0 Å². The van der Waals surface area contributed by atoms with Crippen molar-refractivity contribution < 1.29 is 18.7 Å². The van der Waals surface area contributed by atoms with Crippen LogP contribution in [0.25, 0.3) is 0 Å². The monoisotopic (exact) mass is 387 g/mol. The summed E-state index contributed by atoms with van der Waals surface area (Å²) >= 11 is 0. The van der Waals surface area contributed by atoms with Crippen molar-refractivity contribution >= 4 is 11.8 Å². The average Bonchev–Trinajstić information content (AvgIpc) is 3.27. The maximum Gasteiger partial charge on any atom is 0.242 e. The van der Waals surface area contributed by atoms with Gasteiger partial charge >= 0.3 is 0 Å². The Labute approximate surface area is 165 Å². The smallest absolute Gasteiger partial charge is 0.242 e. The number of carbonyl (C=O) groups is 2. The summed E-state index contributed by atoms with van der Waals surface area (Å²) in [4.78, 5) is 29.2. The molecule has 0 saturated heterocycles. The van der Waals surface area contributed by atoms with Crippen LogP contribution >= 0.6 is 0 Å². The van der Waals surface area contributed by atoms with Crippen molar-refractivity contribution in [2.75, 3.05) is 26.8 Å². The van der Waals surface area contributed by atoms with Crippen LogP contribution in [0.15, 0.2) is 41.1 Å². The molecule has 0 radical (unpaired) electrons. The van der Waals surface area contributed by atoms with Crippen LogP contribution in [0.4, 0.5) is 0 Å². The first-order chi connectivity index (χ1) is 13.6. The van der Waals surface area contributed by atoms with Gasteiger partial charge in [0.05, 0.1) is 25.9 Å². The van der Waals surface area contributed by atoms with Gasteiger partial charge in [0.25, 0.3) is 0 Å². The molecule has 0 unspecified atom stereocenters. The lowest BCUT2D eigenvalue weighted by atomic mass is 10.2. The molecule has 0 N–H and O–H groups in total. The van der Waals surface area contributed by atoms with Crippen molar-refractivity contribution in [2.45, 2.75) is 32.4 Å². The van der Waals surface area contributed by atoms with Gasteiger partial charge in [-0.15, -0.1) is 0 Å². The lowest BCUT2D eigenvalue weighted by molar-refractivity contribution is -0.142. The van der Waals surface area contributed by atoms with Gasteiger partial charge in [-0.3, -0.25) is 9.59 Å². The zero-order valence-corrected chi connectivity index (χ0v) is 16.7. The second kappa shape index (κ2) is 9.59. The second-order valence-electron chi connectivity index (χ2n) is 7.32. The van der Waals surface area contributed by atoms with Crippen molar-refractivity contribution in [3.63, 3.8) is 0 Å². The summed E-state index contributed by atoms with van der Waals surface area (Å²) in [5.74, 6) is 0.814. The van der Waals surface area contributed by atoms with Gasteiger partial charge in [-0.25, -0.2) is 0 Å². The van der Waals surface area contributed by atoms with Crippen LogP contribution in [-0.2, 0) is 34.5 Å². The Hall–Kier alpha value is -2.54. The number of nitrogens with zero attached hydrogens (tertiary/aromatic N) is 3. The Morgan fingerprint density at radius 2 is 2.04 bits per heavy atom. The minimum absolute atomic E-state index is 0.0796. The summed E-state index contributed by atoms with van der Waals surface area (Å²) < 4.78 is 12.5. The highest BCUT2D eigenvalue weighted by Gasteiger charge is 2.34. The number of hydrogen-bond acceptors (Lipinski definition) is 4. The summed E-state index contributed by atoms with van der Waals surface area (Å²) in [5.41, 5.74) is 1.03. The molecule has 3 rings (SSSR count). The highest BCUT2D eigenvalue weighted by atomic mass is 16.5. The van der Waals surface area contributed by atoms with Crippen molar-refractivity contribution in [1.82, 2.24) is 14.4 Å². The molecule has 0 atom stereocenters. The Kier molecular flexibility index (Phi) is 6.92. The van der Waals surface area contributed by atoms with E-state index in [1.165, 1.54) is 0 Å². The molecule has 7 nitrogen and oxygen atoms in total. The largest absolute Gasteiger partial charge is 0.467 e. The van der Waals surface area contributed by atoms with E-state index < -0.39 is 0 Å². The Morgan fingerprint density at radius 1 is 1.21 bits per heavy atom. The quantitative estimate of drug-likeness (QED) is 0.556. The van der Waals surface area contributed by atoms with Gasteiger partial charge in [0.2, 0.25) is 11.8 Å². The van der Waals surface area contributed by atoms with Crippen molar-refractivity contribution in [3.8, 4) is 0 Å². The highest BCUT2D eigenvalue weighted by molar-refractivity contribution is 5.87. The van der Waals surface area contributed by atoms with E-state index >= 15 is 0 Å². The van der Waals surface area contributed by atoms with Crippen molar-refractivity contribution in [3.05, 3.63) is 48.2 Å². The number of carbonyl (C=O) groups excluding carboxylic acids is 2. The van der Waals surface area contributed by atoms with Crippen LogP contribution < -0.4 is 0 Å². The number of ether oxygens (including phenoxy) is 1. The molecular weight excluding hydrogens is 358 g/mol. The molecule has 2 aromatic rings. The molecule has 1 fully saturated rings. The molecule has 1 aliphatic rings. The minimum atomic E-state index is -0.0796. The first-order valence-corrected chi connectivity index (χ1v) is 9.76. The predicted octanol–water partition coefficient (Wildman–Crippen LogP) is 2.42. The predicted molar refractivity (Wildman–Crippen MR) is 104 cm³/mol. The van der Waals surface area contributed by atoms with Crippen LogP contribution in [0.5, 0.6) is 0 Å². The fourth-order valence-corrected chi connectivity index (χ4v) is 3.20. The lowest BCUT2D eigenvalue weighted by Gasteiger charge is -2.27. The van der Waals surface area contributed by atoms with Gasteiger partial charge in [-0.2, -0.15) is 0 Å². The van der Waals surface area contributed by atoms with E-state index in [9.17, 15) is 9.59 Å². The molecular formula is C21H29N3O4. The Balaban J connectivity index is 1.70. The molecule has 1 aliphatic carbocycles. The van der Waals surface area contributed by atoms with Crippen LogP contribution in [0.2, 0.25) is 0 Å². The molecule has 0 aromatic carbocycles. The molecule has 0 bridgehead atoms. The third-order valence-corrected chi connectivity index (χ3v) is 5.02. The lowest BCUT2D eigenvalue weighted by Crippen LogP contribution is -2.43. The molecule has 0 spiro atoms. The van der Waals surface area contributed by atoms with E-state index in [1.54, 1.807) is 23.2 Å². The third kappa shape index (κ3) is 5.48. The van der Waals surface area contributed by atoms with Gasteiger partial charge < -0.3 is 23.5 Å². The van der Waals surface area contributed by atoms with Gasteiger partial charge in [-0.1, -0.05) is 0 Å². The minimum Gasteiger partial charge on any atom is -0.467 e. The maximum atomic E-state index is 13.1. The summed E-state index contributed by atoms with van der Waals surface area (Å²) in [6.07, 6.45) is 6.13. The fraction of sp³-hybridized carbons (Fsp3) is 0.524. The first-order valence-electron chi connectivity index (χ1n) is 9.76. The Bertz CT molecular complexity index is 764. The van der Waals surface area contributed by atoms with E-state index in [0.717, 1.165) is 30.7 Å². The third-order valence-electron chi connectivity index (χ3n) is 5.02. The summed E-state index contributed by atoms with van der Waals surface area (Å²) in [6, 6.07) is 7.62. The van der Waals surface area contributed by atoms with E-state index in [1.807, 2.05) is 42.1 Å². The number of aryl methyl sites for hydroxylation is 1. The topological polar surface area (TPSA) is 67.9 Å². The van der Waals surface area contributed by atoms with Gasteiger partial charge in [0, 0.05) is 45.1 Å². The SMILES string of the molecule is COCCCN(CC(=O)N(Cc1ccco1)Cc1cccn1C)C(=O)C1CC1. The molecule has 7 heteroatoms. The van der Waals surface area contributed by atoms with E-state index in [0.29, 0.717) is 26.2 Å². The van der Waals surface area contributed by atoms with E-state index in [-0.39, 0.29) is 24.3 Å². The number of aromatic nitrogens is 1.